The van der Waals surface area contributed by atoms with Gasteiger partial charge >= 0.3 is 17.9 Å². The number of hydrogen-bond acceptors (Lipinski definition) is 9. The van der Waals surface area contributed by atoms with Gasteiger partial charge in [-0.1, -0.05) is 183 Å². The van der Waals surface area contributed by atoms with Crippen LogP contribution in [0.25, 0.3) is 0 Å². The molecule has 0 fully saturated rings. The summed E-state index contributed by atoms with van der Waals surface area (Å²) in [5.74, 6) is 0.0895. The number of ether oxygens (including phenoxy) is 4. The van der Waals surface area contributed by atoms with Crippen LogP contribution in [0.2, 0.25) is 0 Å². The first-order valence-corrected chi connectivity index (χ1v) is 26.4. The molecule has 0 aromatic heterocycles. The quantitative estimate of drug-likeness (QED) is 0.0337. The lowest BCUT2D eigenvalue weighted by Gasteiger charge is -2.25. The maximum absolute atomic E-state index is 12.8. The third-order valence-electron chi connectivity index (χ3n) is 12.4. The minimum absolute atomic E-state index is 0.00673. The molecular formula is C52H102N2O7. The van der Waals surface area contributed by atoms with Gasteiger partial charge in [0.1, 0.15) is 13.2 Å². The average Bonchev–Trinajstić information content (AvgIpc) is 3.26. The van der Waals surface area contributed by atoms with Crippen molar-refractivity contribution in [1.82, 2.24) is 9.80 Å². The Morgan fingerprint density at radius 1 is 0.393 bits per heavy atom. The molecule has 0 aromatic carbocycles. The van der Waals surface area contributed by atoms with Gasteiger partial charge in [0, 0.05) is 32.5 Å². The summed E-state index contributed by atoms with van der Waals surface area (Å²) < 4.78 is 23.0. The summed E-state index contributed by atoms with van der Waals surface area (Å²) in [6.07, 6.45) is 34.3. The Balaban J connectivity index is 4.67. The normalized spacial score (nSPS) is 12.1. The van der Waals surface area contributed by atoms with Crippen LogP contribution in [0.3, 0.4) is 0 Å². The Kier molecular flexibility index (Phi) is 45.0. The lowest BCUT2D eigenvalue weighted by atomic mass is 9.91. The van der Waals surface area contributed by atoms with Crippen LogP contribution in [0, 0.1) is 5.92 Å². The van der Waals surface area contributed by atoms with Crippen LogP contribution < -0.4 is 0 Å². The molecule has 0 aliphatic heterocycles. The van der Waals surface area contributed by atoms with E-state index in [9.17, 15) is 14.4 Å². The molecule has 0 bridgehead atoms. The molecule has 0 aromatic rings. The zero-order valence-electron chi connectivity index (χ0n) is 41.4. The summed E-state index contributed by atoms with van der Waals surface area (Å²) in [7, 11) is 0. The SMILES string of the molecule is CCCCCCCCCC(=O)OCCCCCCC(CCCCCCOC(=O)CC(CCCCCCC)CCCCCCC)OCC(=O)OCCN(CC)CCN(CC)CC. The Morgan fingerprint density at radius 3 is 1.31 bits per heavy atom. The molecule has 0 saturated carbocycles. The van der Waals surface area contributed by atoms with Crippen molar-refractivity contribution in [2.45, 2.75) is 247 Å². The highest BCUT2D eigenvalue weighted by Crippen LogP contribution is 2.23. The molecule has 9 nitrogen and oxygen atoms in total. The summed E-state index contributed by atoms with van der Waals surface area (Å²) in [4.78, 5) is 42.4. The highest BCUT2D eigenvalue weighted by molar-refractivity contribution is 5.70. The Labute approximate surface area is 378 Å². The molecule has 0 aliphatic carbocycles. The van der Waals surface area contributed by atoms with Gasteiger partial charge in [0.25, 0.3) is 0 Å². The molecule has 0 saturated heterocycles. The van der Waals surface area contributed by atoms with Gasteiger partial charge in [-0.15, -0.1) is 0 Å². The minimum Gasteiger partial charge on any atom is -0.466 e. The molecule has 362 valence electrons. The van der Waals surface area contributed by atoms with Crippen molar-refractivity contribution in [3.8, 4) is 0 Å². The monoisotopic (exact) mass is 867 g/mol. The predicted molar refractivity (Wildman–Crippen MR) is 256 cm³/mol. The summed E-state index contributed by atoms with van der Waals surface area (Å²) in [5.41, 5.74) is 0. The zero-order chi connectivity index (χ0) is 44.9. The third kappa shape index (κ3) is 40.8. The van der Waals surface area contributed by atoms with E-state index in [4.69, 9.17) is 18.9 Å². The van der Waals surface area contributed by atoms with Crippen LogP contribution in [0.5, 0.6) is 0 Å². The van der Waals surface area contributed by atoms with E-state index in [0.29, 0.717) is 38.6 Å². The van der Waals surface area contributed by atoms with Crippen LogP contribution in [0.4, 0.5) is 0 Å². The van der Waals surface area contributed by atoms with E-state index < -0.39 is 0 Å². The van der Waals surface area contributed by atoms with Gasteiger partial charge in [0.15, 0.2) is 0 Å². The van der Waals surface area contributed by atoms with Gasteiger partial charge in [0.2, 0.25) is 0 Å². The van der Waals surface area contributed by atoms with Crippen molar-refractivity contribution >= 4 is 17.9 Å². The largest absolute Gasteiger partial charge is 0.466 e. The van der Waals surface area contributed by atoms with E-state index in [2.05, 4.69) is 51.3 Å². The average molecular weight is 867 g/mol. The number of rotatable bonds is 48. The molecule has 0 heterocycles. The van der Waals surface area contributed by atoms with Crippen LogP contribution >= 0.6 is 0 Å². The number of likely N-dealkylation sites (N-methyl/N-ethyl adjacent to an activating group) is 2. The van der Waals surface area contributed by atoms with Gasteiger partial charge in [-0.25, -0.2) is 4.79 Å². The second-order valence-electron chi connectivity index (χ2n) is 17.8. The summed E-state index contributed by atoms with van der Waals surface area (Å²) in [6.45, 7) is 20.4. The molecule has 0 aliphatic rings. The van der Waals surface area contributed by atoms with E-state index in [1.807, 2.05) is 0 Å². The van der Waals surface area contributed by atoms with Gasteiger partial charge in [-0.05, 0) is 70.5 Å². The van der Waals surface area contributed by atoms with E-state index in [1.165, 1.54) is 96.3 Å². The van der Waals surface area contributed by atoms with Crippen molar-refractivity contribution in [2.75, 3.05) is 65.7 Å². The molecular weight excluding hydrogens is 765 g/mol. The third-order valence-corrected chi connectivity index (χ3v) is 12.4. The van der Waals surface area contributed by atoms with Crippen molar-refractivity contribution in [2.24, 2.45) is 5.92 Å². The Hall–Kier alpha value is -1.71. The Bertz CT molecular complexity index is 948. The molecule has 0 radical (unpaired) electrons. The first-order chi connectivity index (χ1) is 29.8. The van der Waals surface area contributed by atoms with Crippen LogP contribution in [-0.4, -0.2) is 99.5 Å². The van der Waals surface area contributed by atoms with E-state index >= 15 is 0 Å². The predicted octanol–water partition coefficient (Wildman–Crippen LogP) is 13.4. The number of unbranched alkanes of at least 4 members (excludes halogenated alkanes) is 20. The van der Waals surface area contributed by atoms with Crippen LogP contribution in [0.15, 0.2) is 0 Å². The van der Waals surface area contributed by atoms with Crippen LogP contribution in [-0.2, 0) is 33.3 Å². The lowest BCUT2D eigenvalue weighted by molar-refractivity contribution is -0.152. The molecule has 0 spiro atoms. The standard InChI is InChI=1S/C52H102N2O7/c1-7-13-16-19-20-23-32-39-50(55)58-43-33-26-24-30-37-49(61-47-52(57)60-45-42-54(12-6)41-40-53(10-4)11-5)38-31-25-27-34-44-59-51(56)46-48(35-28-21-17-14-8-2)36-29-22-18-15-9-3/h48-49H,7-47H2,1-6H3. The van der Waals surface area contributed by atoms with Crippen LogP contribution in [0.1, 0.15) is 241 Å². The zero-order valence-corrected chi connectivity index (χ0v) is 41.4. The van der Waals surface area contributed by atoms with Crippen molar-refractivity contribution in [3.05, 3.63) is 0 Å². The second kappa shape index (κ2) is 46.3. The van der Waals surface area contributed by atoms with Crippen molar-refractivity contribution < 1.29 is 33.3 Å². The van der Waals surface area contributed by atoms with Crippen molar-refractivity contribution in [3.63, 3.8) is 0 Å². The topological polar surface area (TPSA) is 94.6 Å². The van der Waals surface area contributed by atoms with Gasteiger partial charge in [-0.2, -0.15) is 0 Å². The number of carbonyl (C=O) groups excluding carboxylic acids is 3. The fraction of sp³-hybridized carbons (Fsp3) is 0.942. The highest BCUT2D eigenvalue weighted by atomic mass is 16.6. The van der Waals surface area contributed by atoms with Gasteiger partial charge in [-0.3, -0.25) is 14.5 Å². The summed E-state index contributed by atoms with van der Waals surface area (Å²) >= 11 is 0. The lowest BCUT2D eigenvalue weighted by Crippen LogP contribution is -2.37. The highest BCUT2D eigenvalue weighted by Gasteiger charge is 2.16. The number of hydrogen-bond donors (Lipinski definition) is 0. The summed E-state index contributed by atoms with van der Waals surface area (Å²) in [5, 5.41) is 0. The first-order valence-electron chi connectivity index (χ1n) is 26.4. The smallest absolute Gasteiger partial charge is 0.332 e. The Morgan fingerprint density at radius 2 is 0.803 bits per heavy atom. The second-order valence-corrected chi connectivity index (χ2v) is 17.8. The van der Waals surface area contributed by atoms with E-state index in [1.54, 1.807) is 0 Å². The minimum atomic E-state index is -0.292. The van der Waals surface area contributed by atoms with Gasteiger partial charge < -0.3 is 23.8 Å². The fourth-order valence-corrected chi connectivity index (χ4v) is 8.12. The van der Waals surface area contributed by atoms with Crippen molar-refractivity contribution in [1.29, 1.82) is 0 Å². The number of esters is 3. The first kappa shape index (κ1) is 59.3. The summed E-state index contributed by atoms with van der Waals surface area (Å²) in [6, 6.07) is 0. The molecule has 0 N–H and O–H groups in total. The fourth-order valence-electron chi connectivity index (χ4n) is 8.12. The maximum atomic E-state index is 12.8. The number of nitrogens with zero attached hydrogens (tertiary/aromatic N) is 2. The molecule has 1 atom stereocenters. The van der Waals surface area contributed by atoms with Gasteiger partial charge in [0.05, 0.1) is 19.3 Å². The van der Waals surface area contributed by atoms with E-state index in [-0.39, 0.29) is 30.6 Å². The number of carbonyl (C=O) groups is 3. The molecule has 9 heteroatoms. The van der Waals surface area contributed by atoms with E-state index in [0.717, 1.165) is 129 Å². The molecule has 0 amide bonds. The molecule has 1 unspecified atom stereocenters. The maximum Gasteiger partial charge on any atom is 0.332 e. The molecule has 0 rings (SSSR count). The molecule has 61 heavy (non-hydrogen) atoms.